The van der Waals surface area contributed by atoms with Crippen LogP contribution in [0, 0.1) is 0 Å². The molecule has 0 spiro atoms. The van der Waals surface area contributed by atoms with E-state index in [0.717, 1.165) is 11.1 Å². The normalized spacial score (nSPS) is 22.0. The van der Waals surface area contributed by atoms with Crippen LogP contribution in [-0.2, 0) is 27.8 Å². The SMILES string of the molecule is O=C(O)CC1CS(=O)(=O)CCN1Cc1ccc(CO)cc1. The molecule has 1 aromatic carbocycles. The van der Waals surface area contributed by atoms with Crippen LogP contribution in [-0.4, -0.2) is 53.6 Å². The van der Waals surface area contributed by atoms with E-state index in [-0.39, 0.29) is 24.5 Å². The van der Waals surface area contributed by atoms with Gasteiger partial charge in [-0.25, -0.2) is 8.42 Å². The number of nitrogens with zero attached hydrogens (tertiary/aromatic N) is 1. The summed E-state index contributed by atoms with van der Waals surface area (Å²) in [5.41, 5.74) is 1.78. The molecule has 21 heavy (non-hydrogen) atoms. The molecule has 1 saturated heterocycles. The van der Waals surface area contributed by atoms with Gasteiger partial charge >= 0.3 is 5.97 Å². The van der Waals surface area contributed by atoms with Crippen LogP contribution in [0.1, 0.15) is 17.5 Å². The van der Waals surface area contributed by atoms with E-state index < -0.39 is 21.8 Å². The Hall–Kier alpha value is -1.44. The van der Waals surface area contributed by atoms with E-state index >= 15 is 0 Å². The summed E-state index contributed by atoms with van der Waals surface area (Å²) < 4.78 is 23.4. The van der Waals surface area contributed by atoms with E-state index in [1.807, 2.05) is 29.2 Å². The Morgan fingerprint density at radius 2 is 1.86 bits per heavy atom. The molecule has 0 aromatic heterocycles. The highest BCUT2D eigenvalue weighted by atomic mass is 32.2. The van der Waals surface area contributed by atoms with E-state index in [9.17, 15) is 13.2 Å². The van der Waals surface area contributed by atoms with Crippen molar-refractivity contribution in [1.82, 2.24) is 4.90 Å². The van der Waals surface area contributed by atoms with Crippen molar-refractivity contribution in [3.8, 4) is 0 Å². The lowest BCUT2D eigenvalue weighted by molar-refractivity contribution is -0.138. The lowest BCUT2D eigenvalue weighted by Gasteiger charge is -2.34. The third-order valence-electron chi connectivity index (χ3n) is 3.65. The Morgan fingerprint density at radius 1 is 1.24 bits per heavy atom. The molecular formula is C14H19NO5S. The first-order valence-electron chi connectivity index (χ1n) is 6.74. The molecular weight excluding hydrogens is 294 g/mol. The molecule has 0 bridgehead atoms. The summed E-state index contributed by atoms with van der Waals surface area (Å²) in [6, 6.07) is 6.86. The van der Waals surface area contributed by atoms with Crippen LogP contribution < -0.4 is 0 Å². The second-order valence-corrected chi connectivity index (χ2v) is 7.54. The summed E-state index contributed by atoms with van der Waals surface area (Å²) in [5.74, 6) is -1.02. The van der Waals surface area contributed by atoms with Crippen LogP contribution in [0.25, 0.3) is 0 Å². The average molecular weight is 313 g/mol. The molecule has 1 atom stereocenters. The highest BCUT2D eigenvalue weighted by molar-refractivity contribution is 7.91. The third-order valence-corrected chi connectivity index (χ3v) is 5.35. The Balaban J connectivity index is 2.09. The van der Waals surface area contributed by atoms with Gasteiger partial charge in [0, 0.05) is 19.1 Å². The molecule has 6 nitrogen and oxygen atoms in total. The highest BCUT2D eigenvalue weighted by Gasteiger charge is 2.32. The quantitative estimate of drug-likeness (QED) is 0.809. The van der Waals surface area contributed by atoms with E-state index in [1.54, 1.807) is 0 Å². The van der Waals surface area contributed by atoms with Crippen molar-refractivity contribution < 1.29 is 23.4 Å². The minimum Gasteiger partial charge on any atom is -0.481 e. The van der Waals surface area contributed by atoms with Gasteiger partial charge in [0.15, 0.2) is 9.84 Å². The molecule has 2 rings (SSSR count). The molecule has 2 N–H and O–H groups in total. The van der Waals surface area contributed by atoms with Crippen LogP contribution in [0.2, 0.25) is 0 Å². The first kappa shape index (κ1) is 15.9. The smallest absolute Gasteiger partial charge is 0.304 e. The van der Waals surface area contributed by atoms with Gasteiger partial charge in [-0.2, -0.15) is 0 Å². The maximum atomic E-state index is 11.7. The van der Waals surface area contributed by atoms with Gasteiger partial charge in [0.2, 0.25) is 0 Å². The summed E-state index contributed by atoms with van der Waals surface area (Å²) >= 11 is 0. The number of aliphatic carboxylic acids is 1. The van der Waals surface area contributed by atoms with Crippen molar-refractivity contribution >= 4 is 15.8 Å². The number of aliphatic hydroxyl groups excluding tert-OH is 1. The number of hydrogen-bond donors (Lipinski definition) is 2. The fourth-order valence-electron chi connectivity index (χ4n) is 2.50. The molecule has 1 aliphatic rings. The van der Waals surface area contributed by atoms with Crippen LogP contribution in [0.3, 0.4) is 0 Å². The van der Waals surface area contributed by atoms with Crippen molar-refractivity contribution in [2.24, 2.45) is 0 Å². The highest BCUT2D eigenvalue weighted by Crippen LogP contribution is 2.18. The van der Waals surface area contributed by atoms with Gasteiger partial charge in [0.1, 0.15) is 0 Å². The molecule has 1 unspecified atom stereocenters. The third kappa shape index (κ3) is 4.52. The number of aliphatic hydroxyl groups is 1. The monoisotopic (exact) mass is 313 g/mol. The number of hydrogen-bond acceptors (Lipinski definition) is 5. The van der Waals surface area contributed by atoms with E-state index in [2.05, 4.69) is 0 Å². The minimum atomic E-state index is -3.15. The van der Waals surface area contributed by atoms with Gasteiger partial charge in [-0.1, -0.05) is 24.3 Å². The number of sulfone groups is 1. The zero-order valence-corrected chi connectivity index (χ0v) is 12.4. The van der Waals surface area contributed by atoms with Gasteiger partial charge in [-0.05, 0) is 11.1 Å². The molecule has 116 valence electrons. The Kier molecular flexibility index (Phi) is 4.97. The van der Waals surface area contributed by atoms with Crippen molar-refractivity contribution in [3.05, 3.63) is 35.4 Å². The molecule has 1 fully saturated rings. The van der Waals surface area contributed by atoms with Crippen LogP contribution in [0.5, 0.6) is 0 Å². The fraction of sp³-hybridized carbons (Fsp3) is 0.500. The molecule has 0 saturated carbocycles. The van der Waals surface area contributed by atoms with Crippen molar-refractivity contribution in [3.63, 3.8) is 0 Å². The maximum absolute atomic E-state index is 11.7. The van der Waals surface area contributed by atoms with Crippen molar-refractivity contribution in [1.29, 1.82) is 0 Å². The summed E-state index contributed by atoms with van der Waals surface area (Å²) in [6.45, 7) is 0.838. The molecule has 1 heterocycles. The Bertz CT molecular complexity index is 596. The van der Waals surface area contributed by atoms with Crippen LogP contribution in [0.15, 0.2) is 24.3 Å². The van der Waals surface area contributed by atoms with E-state index in [0.29, 0.717) is 13.1 Å². The minimum absolute atomic E-state index is 0.0239. The first-order valence-corrected chi connectivity index (χ1v) is 8.57. The standard InChI is InChI=1S/C14H19NO5S/c16-9-12-3-1-11(2-4-12)8-15-5-6-21(19,20)10-13(15)7-14(17)18/h1-4,13,16H,5-10H2,(H,17,18). The maximum Gasteiger partial charge on any atom is 0.304 e. The lowest BCUT2D eigenvalue weighted by atomic mass is 10.1. The lowest BCUT2D eigenvalue weighted by Crippen LogP contribution is -2.48. The van der Waals surface area contributed by atoms with Crippen LogP contribution >= 0.6 is 0 Å². The molecule has 0 aliphatic carbocycles. The molecule has 0 radical (unpaired) electrons. The van der Waals surface area contributed by atoms with Gasteiger partial charge in [0.25, 0.3) is 0 Å². The summed E-state index contributed by atoms with van der Waals surface area (Å²) in [4.78, 5) is 12.8. The van der Waals surface area contributed by atoms with E-state index in [4.69, 9.17) is 10.2 Å². The number of benzene rings is 1. The molecule has 7 heteroatoms. The first-order chi connectivity index (χ1) is 9.89. The largest absolute Gasteiger partial charge is 0.481 e. The van der Waals surface area contributed by atoms with Gasteiger partial charge in [-0.3, -0.25) is 9.69 Å². The van der Waals surface area contributed by atoms with Crippen LogP contribution in [0.4, 0.5) is 0 Å². The number of carbonyl (C=O) groups is 1. The average Bonchev–Trinajstić information content (AvgIpc) is 2.41. The molecule has 1 aromatic rings. The molecule has 0 amide bonds. The predicted molar refractivity (Wildman–Crippen MR) is 77.5 cm³/mol. The second kappa shape index (κ2) is 6.55. The topological polar surface area (TPSA) is 94.9 Å². The van der Waals surface area contributed by atoms with E-state index in [1.165, 1.54) is 0 Å². The van der Waals surface area contributed by atoms with Crippen molar-refractivity contribution in [2.45, 2.75) is 25.6 Å². The summed E-state index contributed by atoms with van der Waals surface area (Å²) in [6.07, 6.45) is -0.173. The summed E-state index contributed by atoms with van der Waals surface area (Å²) in [7, 11) is -3.15. The molecule has 1 aliphatic heterocycles. The predicted octanol–water partition coefficient (Wildman–Crippen LogP) is 0.253. The fourth-order valence-corrected chi connectivity index (χ4v) is 4.10. The van der Waals surface area contributed by atoms with Crippen molar-refractivity contribution in [2.75, 3.05) is 18.1 Å². The zero-order valence-electron chi connectivity index (χ0n) is 11.6. The number of carboxylic acid groups (broad SMARTS) is 1. The zero-order chi connectivity index (χ0) is 15.5. The number of rotatable bonds is 5. The second-order valence-electron chi connectivity index (χ2n) is 5.31. The van der Waals surface area contributed by atoms with Gasteiger partial charge < -0.3 is 10.2 Å². The Morgan fingerprint density at radius 3 is 2.43 bits per heavy atom. The van der Waals surface area contributed by atoms with Gasteiger partial charge in [-0.15, -0.1) is 0 Å². The van der Waals surface area contributed by atoms with Gasteiger partial charge in [0.05, 0.1) is 24.5 Å². The Labute approximate surface area is 123 Å². The number of carboxylic acids is 1. The summed E-state index contributed by atoms with van der Waals surface area (Å²) in [5, 5.41) is 17.9.